The second-order valence-electron chi connectivity index (χ2n) is 6.13. The van der Waals surface area contributed by atoms with E-state index in [0.29, 0.717) is 37.9 Å². The van der Waals surface area contributed by atoms with Crippen molar-refractivity contribution in [2.75, 3.05) is 19.6 Å². The average Bonchev–Trinajstić information content (AvgIpc) is 3.05. The van der Waals surface area contributed by atoms with Gasteiger partial charge in [-0.2, -0.15) is 0 Å². The Balaban J connectivity index is 0.00000288. The number of benzene rings is 1. The SMILES string of the molecule is I.NC(=NCCc1ccccc1)NCCNC(=O)CC1CCCC1. The lowest BCUT2D eigenvalue weighted by Crippen LogP contribution is -2.38. The molecule has 0 spiro atoms. The Hall–Kier alpha value is -1.31. The number of hydrogen-bond acceptors (Lipinski definition) is 2. The third-order valence-electron chi connectivity index (χ3n) is 4.23. The number of hydrogen-bond donors (Lipinski definition) is 3. The first-order valence-electron chi connectivity index (χ1n) is 8.58. The second kappa shape index (κ2) is 12.1. The van der Waals surface area contributed by atoms with E-state index in [0.717, 1.165) is 6.42 Å². The molecule has 1 fully saturated rings. The second-order valence-corrected chi connectivity index (χ2v) is 6.13. The molecule has 0 saturated heterocycles. The minimum absolute atomic E-state index is 0. The molecule has 4 N–H and O–H groups in total. The van der Waals surface area contributed by atoms with E-state index in [1.165, 1.54) is 31.2 Å². The van der Waals surface area contributed by atoms with Gasteiger partial charge in [-0.05, 0) is 30.7 Å². The number of guanidine groups is 1. The first-order chi connectivity index (χ1) is 11.2. The van der Waals surface area contributed by atoms with Crippen molar-refractivity contribution in [2.24, 2.45) is 16.6 Å². The fourth-order valence-electron chi connectivity index (χ4n) is 2.95. The van der Waals surface area contributed by atoms with Gasteiger partial charge in [0.05, 0.1) is 0 Å². The van der Waals surface area contributed by atoms with Crippen molar-refractivity contribution in [1.29, 1.82) is 0 Å². The standard InChI is InChI=1S/C18H28N4O.HI/c19-18(21-11-10-15-6-2-1-3-7-15)22-13-12-20-17(23)14-16-8-4-5-9-16;/h1-3,6-7,16H,4-5,8-14H2,(H,20,23)(H3,19,21,22);1H. The van der Waals surface area contributed by atoms with Gasteiger partial charge in [0, 0.05) is 26.1 Å². The van der Waals surface area contributed by atoms with Crippen LogP contribution < -0.4 is 16.4 Å². The molecule has 1 aromatic carbocycles. The van der Waals surface area contributed by atoms with Crippen LogP contribution in [0.4, 0.5) is 0 Å². The summed E-state index contributed by atoms with van der Waals surface area (Å²) < 4.78 is 0. The molecule has 0 bridgehead atoms. The third-order valence-corrected chi connectivity index (χ3v) is 4.23. The van der Waals surface area contributed by atoms with E-state index in [9.17, 15) is 4.79 Å². The molecule has 1 aliphatic rings. The van der Waals surface area contributed by atoms with Crippen LogP contribution in [0.15, 0.2) is 35.3 Å². The number of nitrogens with two attached hydrogens (primary N) is 1. The molecule has 0 unspecified atom stereocenters. The van der Waals surface area contributed by atoms with Crippen LogP contribution in [0.3, 0.4) is 0 Å². The Kier molecular flexibility index (Phi) is 10.5. The summed E-state index contributed by atoms with van der Waals surface area (Å²) in [5.74, 6) is 1.18. The van der Waals surface area contributed by atoms with Gasteiger partial charge in [0.15, 0.2) is 5.96 Å². The number of carbonyl (C=O) groups excluding carboxylic acids is 1. The van der Waals surface area contributed by atoms with Gasteiger partial charge >= 0.3 is 0 Å². The number of halogens is 1. The van der Waals surface area contributed by atoms with Crippen LogP contribution in [-0.4, -0.2) is 31.5 Å². The highest BCUT2D eigenvalue weighted by atomic mass is 127. The van der Waals surface area contributed by atoms with Gasteiger partial charge in [0.25, 0.3) is 0 Å². The number of aliphatic imine (C=N–C) groups is 1. The van der Waals surface area contributed by atoms with Gasteiger partial charge in [-0.1, -0.05) is 43.2 Å². The van der Waals surface area contributed by atoms with Crippen LogP contribution in [0.2, 0.25) is 0 Å². The summed E-state index contributed by atoms with van der Waals surface area (Å²) in [7, 11) is 0. The van der Waals surface area contributed by atoms with E-state index >= 15 is 0 Å². The fourth-order valence-corrected chi connectivity index (χ4v) is 2.95. The van der Waals surface area contributed by atoms with Crippen LogP contribution in [0.5, 0.6) is 0 Å². The molecule has 1 amide bonds. The van der Waals surface area contributed by atoms with Crippen LogP contribution in [0.1, 0.15) is 37.7 Å². The first-order valence-corrected chi connectivity index (χ1v) is 8.58. The smallest absolute Gasteiger partial charge is 0.220 e. The predicted octanol–water partition coefficient (Wildman–Crippen LogP) is 2.45. The van der Waals surface area contributed by atoms with Crippen molar-refractivity contribution >= 4 is 35.8 Å². The summed E-state index contributed by atoms with van der Waals surface area (Å²) in [4.78, 5) is 16.1. The maximum absolute atomic E-state index is 11.8. The Morgan fingerprint density at radius 2 is 1.79 bits per heavy atom. The van der Waals surface area contributed by atoms with Gasteiger partial charge in [-0.15, -0.1) is 24.0 Å². The minimum Gasteiger partial charge on any atom is -0.370 e. The maximum Gasteiger partial charge on any atom is 0.220 e. The summed E-state index contributed by atoms with van der Waals surface area (Å²) in [6.45, 7) is 1.86. The lowest BCUT2D eigenvalue weighted by atomic mass is 10.0. The monoisotopic (exact) mass is 444 g/mol. The van der Waals surface area contributed by atoms with E-state index in [-0.39, 0.29) is 29.9 Å². The van der Waals surface area contributed by atoms with Gasteiger partial charge in [0.1, 0.15) is 0 Å². The number of nitrogens with zero attached hydrogens (tertiary/aromatic N) is 1. The topological polar surface area (TPSA) is 79.5 Å². The average molecular weight is 444 g/mol. The molecule has 6 heteroatoms. The summed E-state index contributed by atoms with van der Waals surface area (Å²) >= 11 is 0. The van der Waals surface area contributed by atoms with E-state index in [1.807, 2.05) is 18.2 Å². The Morgan fingerprint density at radius 3 is 2.50 bits per heavy atom. The van der Waals surface area contributed by atoms with E-state index in [1.54, 1.807) is 0 Å². The molecule has 0 aliphatic heterocycles. The van der Waals surface area contributed by atoms with Crippen molar-refractivity contribution < 1.29 is 4.79 Å². The molecule has 1 aliphatic carbocycles. The summed E-state index contributed by atoms with van der Waals surface area (Å²) in [6, 6.07) is 10.2. The van der Waals surface area contributed by atoms with Crippen LogP contribution in [-0.2, 0) is 11.2 Å². The zero-order valence-electron chi connectivity index (χ0n) is 14.2. The molecule has 134 valence electrons. The molecule has 1 saturated carbocycles. The van der Waals surface area contributed by atoms with E-state index < -0.39 is 0 Å². The molecule has 0 aromatic heterocycles. The van der Waals surface area contributed by atoms with Gasteiger partial charge in [-0.3, -0.25) is 9.79 Å². The highest BCUT2D eigenvalue weighted by molar-refractivity contribution is 14.0. The zero-order chi connectivity index (χ0) is 16.3. The molecule has 5 nitrogen and oxygen atoms in total. The highest BCUT2D eigenvalue weighted by Gasteiger charge is 2.17. The third kappa shape index (κ3) is 8.52. The van der Waals surface area contributed by atoms with E-state index in [2.05, 4.69) is 27.8 Å². The fraction of sp³-hybridized carbons (Fsp3) is 0.556. The van der Waals surface area contributed by atoms with Crippen molar-refractivity contribution in [3.63, 3.8) is 0 Å². The van der Waals surface area contributed by atoms with Crippen molar-refractivity contribution in [3.8, 4) is 0 Å². The Bertz CT molecular complexity index is 501. The molecule has 1 aromatic rings. The predicted molar refractivity (Wildman–Crippen MR) is 110 cm³/mol. The Morgan fingerprint density at radius 1 is 1.12 bits per heavy atom. The van der Waals surface area contributed by atoms with Crippen LogP contribution >= 0.6 is 24.0 Å². The highest BCUT2D eigenvalue weighted by Crippen LogP contribution is 2.27. The lowest BCUT2D eigenvalue weighted by Gasteiger charge is -2.10. The normalized spacial score (nSPS) is 14.9. The molecular formula is C18H29IN4O. The van der Waals surface area contributed by atoms with Gasteiger partial charge in [0.2, 0.25) is 5.91 Å². The quantitative estimate of drug-likeness (QED) is 0.250. The molecular weight excluding hydrogens is 415 g/mol. The minimum atomic E-state index is 0. The van der Waals surface area contributed by atoms with Crippen molar-refractivity contribution in [3.05, 3.63) is 35.9 Å². The molecule has 2 rings (SSSR count). The molecule has 0 heterocycles. The van der Waals surface area contributed by atoms with Crippen LogP contribution in [0, 0.1) is 5.92 Å². The number of nitrogens with one attached hydrogen (secondary N) is 2. The molecule has 0 atom stereocenters. The van der Waals surface area contributed by atoms with Crippen molar-refractivity contribution in [1.82, 2.24) is 10.6 Å². The van der Waals surface area contributed by atoms with Crippen molar-refractivity contribution in [2.45, 2.75) is 38.5 Å². The number of carbonyl (C=O) groups is 1. The number of amides is 1. The molecule has 0 radical (unpaired) electrons. The lowest BCUT2D eigenvalue weighted by molar-refractivity contribution is -0.121. The van der Waals surface area contributed by atoms with E-state index in [4.69, 9.17) is 5.73 Å². The Labute approximate surface area is 161 Å². The van der Waals surface area contributed by atoms with Gasteiger partial charge in [-0.25, -0.2) is 0 Å². The number of rotatable bonds is 8. The van der Waals surface area contributed by atoms with Crippen LogP contribution in [0.25, 0.3) is 0 Å². The zero-order valence-corrected chi connectivity index (χ0v) is 16.5. The summed E-state index contributed by atoms with van der Waals surface area (Å²) in [5, 5.41) is 5.97. The summed E-state index contributed by atoms with van der Waals surface area (Å²) in [6.07, 6.45) is 6.49. The first kappa shape index (κ1) is 20.7. The maximum atomic E-state index is 11.8. The van der Waals surface area contributed by atoms with Gasteiger partial charge < -0.3 is 16.4 Å². The largest absolute Gasteiger partial charge is 0.370 e. The molecule has 24 heavy (non-hydrogen) atoms. The summed E-state index contributed by atoms with van der Waals surface area (Å²) in [5.41, 5.74) is 7.07.